The lowest BCUT2D eigenvalue weighted by Gasteiger charge is -2.35. The van der Waals surface area contributed by atoms with Crippen LogP contribution in [-0.4, -0.2) is 59.1 Å². The summed E-state index contributed by atoms with van der Waals surface area (Å²) in [5.41, 5.74) is 2.21. The number of rotatable bonds is 9. The second-order valence-corrected chi connectivity index (χ2v) is 6.75. The van der Waals surface area contributed by atoms with Gasteiger partial charge >= 0.3 is 5.97 Å². The molecule has 3 rings (SSSR count). The van der Waals surface area contributed by atoms with Crippen molar-refractivity contribution in [2.75, 3.05) is 31.4 Å². The summed E-state index contributed by atoms with van der Waals surface area (Å²) in [5, 5.41) is 27.1. The zero-order valence-electron chi connectivity index (χ0n) is 17.4. The molecule has 2 atom stereocenters. The van der Waals surface area contributed by atoms with Gasteiger partial charge in [0.15, 0.2) is 12.5 Å². The third-order valence-corrected chi connectivity index (χ3v) is 4.65. The molecule has 0 amide bonds. The fourth-order valence-corrected chi connectivity index (χ4v) is 3.33. The van der Waals surface area contributed by atoms with E-state index in [1.54, 1.807) is 23.2 Å². The highest BCUT2D eigenvalue weighted by atomic mass is 35.5. The molecule has 1 aromatic carbocycles. The molecule has 176 valence electrons. The number of anilines is 2. The Morgan fingerprint density at radius 3 is 2.44 bits per heavy atom. The lowest BCUT2D eigenvalue weighted by atomic mass is 10.1. The molecule has 0 saturated carbocycles. The minimum atomic E-state index is -1.01. The number of fused-ring (bicyclic) bond motifs is 1. The largest absolute Gasteiger partial charge is 0.480 e. The van der Waals surface area contributed by atoms with E-state index in [9.17, 15) is 20.0 Å². The highest BCUT2D eigenvalue weighted by molar-refractivity contribution is 5.85. The zero-order valence-corrected chi connectivity index (χ0v) is 19.0. The van der Waals surface area contributed by atoms with Crippen molar-refractivity contribution in [2.24, 2.45) is 0 Å². The summed E-state index contributed by atoms with van der Waals surface area (Å²) in [6.45, 7) is 0.165. The van der Waals surface area contributed by atoms with E-state index in [1.807, 2.05) is 6.07 Å². The van der Waals surface area contributed by atoms with Crippen LogP contribution >= 0.6 is 24.8 Å². The van der Waals surface area contributed by atoms with Crippen molar-refractivity contribution in [1.82, 2.24) is 9.88 Å². The number of pyridine rings is 1. The molecule has 0 aliphatic carbocycles. The van der Waals surface area contributed by atoms with E-state index in [0.29, 0.717) is 22.6 Å². The van der Waals surface area contributed by atoms with Gasteiger partial charge in [-0.15, -0.1) is 24.8 Å². The Morgan fingerprint density at radius 1 is 1.19 bits per heavy atom. The molecule has 0 bridgehead atoms. The predicted molar refractivity (Wildman–Crippen MR) is 122 cm³/mol. The SMILES string of the molecule is COC1Nc2cc([N+](=O)[O-])cc(CN(CC(=O)O)Cc3ccccn3)c2NC1OC.Cl.Cl. The van der Waals surface area contributed by atoms with Gasteiger partial charge in [-0.1, -0.05) is 6.07 Å². The maximum Gasteiger partial charge on any atom is 0.317 e. The maximum atomic E-state index is 11.4. The van der Waals surface area contributed by atoms with E-state index < -0.39 is 23.3 Å². The first kappa shape index (κ1) is 27.3. The van der Waals surface area contributed by atoms with E-state index in [-0.39, 0.29) is 50.1 Å². The molecule has 2 aromatic rings. The van der Waals surface area contributed by atoms with Crippen LogP contribution in [0.5, 0.6) is 0 Å². The number of benzene rings is 1. The number of halogens is 2. The van der Waals surface area contributed by atoms with Crippen molar-refractivity contribution >= 4 is 47.8 Å². The number of nitrogens with one attached hydrogen (secondary N) is 2. The number of aromatic nitrogens is 1. The van der Waals surface area contributed by atoms with Crippen LogP contribution in [0.15, 0.2) is 36.5 Å². The van der Waals surface area contributed by atoms with Crippen molar-refractivity contribution in [3.63, 3.8) is 0 Å². The summed E-state index contributed by atoms with van der Waals surface area (Å²) < 4.78 is 10.7. The first-order valence-electron chi connectivity index (χ1n) is 9.15. The fraction of sp³-hybridized carbons (Fsp3) is 0.368. The quantitative estimate of drug-likeness (QED) is 0.355. The number of aliphatic carboxylic acids is 1. The third kappa shape index (κ3) is 6.65. The smallest absolute Gasteiger partial charge is 0.317 e. The lowest BCUT2D eigenvalue weighted by Crippen LogP contribution is -2.46. The van der Waals surface area contributed by atoms with Gasteiger partial charge in [0.1, 0.15) is 0 Å². The number of nitro groups is 1. The Labute approximate surface area is 197 Å². The molecule has 0 radical (unpaired) electrons. The van der Waals surface area contributed by atoms with Crippen molar-refractivity contribution in [2.45, 2.75) is 25.5 Å². The van der Waals surface area contributed by atoms with Gasteiger partial charge in [-0.25, -0.2) is 0 Å². The summed E-state index contributed by atoms with van der Waals surface area (Å²) in [5.74, 6) is -1.01. The minimum Gasteiger partial charge on any atom is -0.480 e. The first-order chi connectivity index (χ1) is 14.4. The van der Waals surface area contributed by atoms with Gasteiger partial charge in [0.2, 0.25) is 0 Å². The molecule has 32 heavy (non-hydrogen) atoms. The van der Waals surface area contributed by atoms with Crippen molar-refractivity contribution in [3.05, 3.63) is 57.9 Å². The Kier molecular flexibility index (Phi) is 10.6. The van der Waals surface area contributed by atoms with Crippen LogP contribution in [0.1, 0.15) is 11.3 Å². The van der Waals surface area contributed by atoms with Gasteiger partial charge < -0.3 is 25.2 Å². The molecule has 0 saturated heterocycles. The molecule has 2 heterocycles. The van der Waals surface area contributed by atoms with Crippen molar-refractivity contribution in [1.29, 1.82) is 0 Å². The molecule has 11 nitrogen and oxygen atoms in total. The van der Waals surface area contributed by atoms with Gasteiger partial charge in [-0.05, 0) is 17.7 Å². The summed E-state index contributed by atoms with van der Waals surface area (Å²) in [6, 6.07) is 8.22. The van der Waals surface area contributed by atoms with Crippen LogP contribution in [0.4, 0.5) is 17.1 Å². The highest BCUT2D eigenvalue weighted by Crippen LogP contribution is 2.37. The molecule has 1 aliphatic heterocycles. The van der Waals surface area contributed by atoms with E-state index in [0.717, 1.165) is 0 Å². The lowest BCUT2D eigenvalue weighted by molar-refractivity contribution is -0.384. The maximum absolute atomic E-state index is 11.4. The number of carbonyl (C=O) groups is 1. The second-order valence-electron chi connectivity index (χ2n) is 6.75. The van der Waals surface area contributed by atoms with Gasteiger partial charge in [0, 0.05) is 45.6 Å². The molecule has 13 heteroatoms. The van der Waals surface area contributed by atoms with Crippen LogP contribution in [-0.2, 0) is 27.4 Å². The van der Waals surface area contributed by atoms with E-state index in [2.05, 4.69) is 15.6 Å². The number of carboxylic acids is 1. The molecule has 1 aliphatic rings. The number of ether oxygens (including phenoxy) is 2. The van der Waals surface area contributed by atoms with Gasteiger partial charge in [-0.3, -0.25) is 24.8 Å². The van der Waals surface area contributed by atoms with Crippen LogP contribution in [0.2, 0.25) is 0 Å². The summed E-state index contributed by atoms with van der Waals surface area (Å²) in [6.07, 6.45) is 0.538. The Bertz CT molecular complexity index is 921. The molecule has 2 unspecified atom stereocenters. The molecule has 0 spiro atoms. The average molecular weight is 490 g/mol. The van der Waals surface area contributed by atoms with Crippen LogP contribution in [0.25, 0.3) is 0 Å². The fourth-order valence-electron chi connectivity index (χ4n) is 3.33. The molecule has 0 fully saturated rings. The van der Waals surface area contributed by atoms with E-state index in [1.165, 1.54) is 26.4 Å². The number of methoxy groups -OCH3 is 2. The summed E-state index contributed by atoms with van der Waals surface area (Å²) >= 11 is 0. The Balaban J connectivity index is 0.00000256. The topological polar surface area (TPSA) is 139 Å². The van der Waals surface area contributed by atoms with Gasteiger partial charge in [0.25, 0.3) is 5.69 Å². The molecule has 1 aromatic heterocycles. The number of hydrogen-bond acceptors (Lipinski definition) is 9. The van der Waals surface area contributed by atoms with Crippen LogP contribution in [0.3, 0.4) is 0 Å². The number of non-ortho nitro benzene ring substituents is 1. The molecule has 3 N–H and O–H groups in total. The molecular weight excluding hydrogens is 465 g/mol. The third-order valence-electron chi connectivity index (χ3n) is 4.65. The first-order valence-corrected chi connectivity index (χ1v) is 9.15. The standard InChI is InChI=1S/C19H23N5O6.2ClH/c1-29-18-19(30-2)22-17-12(7-14(24(27)28)8-15(17)21-18)9-23(11-16(25)26)10-13-5-3-4-6-20-13;;/h3-8,18-19,21-22H,9-11H2,1-2H3,(H,25,26);2*1H. The van der Waals surface area contributed by atoms with Crippen molar-refractivity contribution in [3.8, 4) is 0 Å². The van der Waals surface area contributed by atoms with E-state index >= 15 is 0 Å². The minimum absolute atomic E-state index is 0. The number of carboxylic acid groups (broad SMARTS) is 1. The number of hydrogen-bond donors (Lipinski definition) is 3. The average Bonchev–Trinajstić information content (AvgIpc) is 2.72. The van der Waals surface area contributed by atoms with Gasteiger partial charge in [-0.2, -0.15) is 0 Å². The Morgan fingerprint density at radius 2 is 1.88 bits per heavy atom. The highest BCUT2D eigenvalue weighted by Gasteiger charge is 2.31. The van der Waals surface area contributed by atoms with Crippen LogP contribution in [0, 0.1) is 10.1 Å². The predicted octanol–water partition coefficient (Wildman–Crippen LogP) is 2.70. The number of nitro benzene ring substituents is 1. The number of nitrogens with zero attached hydrogens (tertiary/aromatic N) is 3. The van der Waals surface area contributed by atoms with Crippen LogP contribution < -0.4 is 10.6 Å². The second kappa shape index (κ2) is 12.4. The summed E-state index contributed by atoms with van der Waals surface area (Å²) in [4.78, 5) is 28.2. The normalized spacial score (nSPS) is 16.6. The molecular formula is C19H25Cl2N5O6. The van der Waals surface area contributed by atoms with Gasteiger partial charge in [0.05, 0.1) is 28.5 Å². The monoisotopic (exact) mass is 489 g/mol. The summed E-state index contributed by atoms with van der Waals surface area (Å²) in [7, 11) is 3.01. The van der Waals surface area contributed by atoms with Crippen molar-refractivity contribution < 1.29 is 24.3 Å². The van der Waals surface area contributed by atoms with E-state index in [4.69, 9.17) is 9.47 Å². The Hall–Kier alpha value is -2.70. The zero-order chi connectivity index (χ0) is 21.7.